The molecule has 0 bridgehead atoms. The zero-order chi connectivity index (χ0) is 19.5. The van der Waals surface area contributed by atoms with E-state index in [0.29, 0.717) is 6.42 Å². The minimum Gasteiger partial charge on any atom is -0.393 e. The fourth-order valence-electron chi connectivity index (χ4n) is 3.36. The summed E-state index contributed by atoms with van der Waals surface area (Å²) >= 11 is 0. The van der Waals surface area contributed by atoms with Gasteiger partial charge in [-0.2, -0.15) is 8.42 Å². The lowest BCUT2D eigenvalue weighted by Crippen LogP contribution is -2.14. The Morgan fingerprint density at radius 2 is 0.962 bits per heavy atom. The standard InChI is InChI=1S/C21H44O4S/c1-2-3-4-5-6-7-8-9-10-11-12-13-14-15-16-17-18-21(22)19-20-26(23,24)25/h21-22H,2-20H2,1H3,(H,23,24,25). The molecule has 0 spiro atoms. The fourth-order valence-corrected chi connectivity index (χ4v) is 3.93. The van der Waals surface area contributed by atoms with E-state index in [1.807, 2.05) is 0 Å². The molecule has 2 N–H and O–H groups in total. The van der Waals surface area contributed by atoms with Crippen LogP contribution in [0.5, 0.6) is 0 Å². The number of aliphatic hydroxyl groups is 1. The van der Waals surface area contributed by atoms with Gasteiger partial charge in [0, 0.05) is 0 Å². The van der Waals surface area contributed by atoms with Crippen molar-refractivity contribution in [1.29, 1.82) is 0 Å². The van der Waals surface area contributed by atoms with Gasteiger partial charge in [-0.15, -0.1) is 0 Å². The van der Waals surface area contributed by atoms with Gasteiger partial charge in [0.15, 0.2) is 0 Å². The lowest BCUT2D eigenvalue weighted by molar-refractivity contribution is 0.156. The number of hydrogen-bond donors (Lipinski definition) is 2. The van der Waals surface area contributed by atoms with E-state index >= 15 is 0 Å². The maximum Gasteiger partial charge on any atom is 0.264 e. The summed E-state index contributed by atoms with van der Waals surface area (Å²) in [6.07, 6.45) is 21.3. The highest BCUT2D eigenvalue weighted by Crippen LogP contribution is 2.14. The van der Waals surface area contributed by atoms with Gasteiger partial charge < -0.3 is 5.11 Å². The van der Waals surface area contributed by atoms with Crippen LogP contribution in [0.25, 0.3) is 0 Å². The average Bonchev–Trinajstić information content (AvgIpc) is 2.59. The van der Waals surface area contributed by atoms with Crippen LogP contribution in [0.2, 0.25) is 0 Å². The summed E-state index contributed by atoms with van der Waals surface area (Å²) in [4.78, 5) is 0. The minimum atomic E-state index is -3.94. The fraction of sp³-hybridized carbons (Fsp3) is 1.00. The molecule has 4 nitrogen and oxygen atoms in total. The molecule has 0 amide bonds. The van der Waals surface area contributed by atoms with Gasteiger partial charge in [-0.25, -0.2) is 0 Å². The van der Waals surface area contributed by atoms with E-state index in [1.165, 1.54) is 89.9 Å². The van der Waals surface area contributed by atoms with Crippen molar-refractivity contribution in [3.63, 3.8) is 0 Å². The molecule has 0 aromatic heterocycles. The quantitative estimate of drug-likeness (QED) is 0.189. The summed E-state index contributed by atoms with van der Waals surface area (Å²) in [7, 11) is -3.94. The van der Waals surface area contributed by atoms with Gasteiger partial charge in [0.2, 0.25) is 0 Å². The molecule has 0 radical (unpaired) electrons. The second kappa shape index (κ2) is 18.2. The molecule has 0 aliphatic carbocycles. The van der Waals surface area contributed by atoms with Crippen LogP contribution in [0, 0.1) is 0 Å². The van der Waals surface area contributed by atoms with Crippen LogP contribution in [-0.2, 0) is 10.1 Å². The molecule has 0 fully saturated rings. The molecular formula is C21H44O4S. The van der Waals surface area contributed by atoms with Crippen molar-refractivity contribution in [2.75, 3.05) is 5.75 Å². The van der Waals surface area contributed by atoms with Crippen LogP contribution in [-0.4, -0.2) is 29.9 Å². The molecule has 0 saturated carbocycles. The van der Waals surface area contributed by atoms with Gasteiger partial charge in [-0.3, -0.25) is 4.55 Å². The Labute approximate surface area is 162 Å². The molecule has 26 heavy (non-hydrogen) atoms. The van der Waals surface area contributed by atoms with Crippen molar-refractivity contribution < 1.29 is 18.1 Å². The zero-order valence-corrected chi connectivity index (χ0v) is 17.9. The second-order valence-corrected chi connectivity index (χ2v) is 9.39. The molecule has 0 aromatic carbocycles. The summed E-state index contributed by atoms with van der Waals surface area (Å²) < 4.78 is 29.8. The van der Waals surface area contributed by atoms with Gasteiger partial charge in [0.05, 0.1) is 11.9 Å². The van der Waals surface area contributed by atoms with Gasteiger partial charge in [-0.1, -0.05) is 110 Å². The van der Waals surface area contributed by atoms with Crippen LogP contribution in [0.15, 0.2) is 0 Å². The second-order valence-electron chi connectivity index (χ2n) is 7.82. The van der Waals surface area contributed by atoms with Gasteiger partial charge in [-0.05, 0) is 12.8 Å². The van der Waals surface area contributed by atoms with Crippen molar-refractivity contribution in [3.05, 3.63) is 0 Å². The number of unbranched alkanes of at least 4 members (excludes halogenated alkanes) is 15. The first-order valence-corrected chi connectivity index (χ1v) is 12.7. The molecular weight excluding hydrogens is 348 g/mol. The third kappa shape index (κ3) is 21.9. The molecule has 0 heterocycles. The van der Waals surface area contributed by atoms with E-state index < -0.39 is 16.2 Å². The lowest BCUT2D eigenvalue weighted by atomic mass is 10.0. The first-order chi connectivity index (χ1) is 12.5. The molecule has 0 aliphatic rings. The van der Waals surface area contributed by atoms with E-state index in [2.05, 4.69) is 6.92 Å². The predicted octanol–water partition coefficient (Wildman–Crippen LogP) is 6.28. The minimum absolute atomic E-state index is 0.136. The monoisotopic (exact) mass is 392 g/mol. The van der Waals surface area contributed by atoms with Crippen LogP contribution in [0.4, 0.5) is 0 Å². The Morgan fingerprint density at radius 3 is 1.31 bits per heavy atom. The number of aliphatic hydroxyl groups excluding tert-OH is 1. The highest BCUT2D eigenvalue weighted by atomic mass is 32.2. The van der Waals surface area contributed by atoms with Crippen molar-refractivity contribution in [3.8, 4) is 0 Å². The molecule has 0 aliphatic heterocycles. The topological polar surface area (TPSA) is 74.6 Å². The van der Waals surface area contributed by atoms with Crippen LogP contribution in [0.3, 0.4) is 0 Å². The van der Waals surface area contributed by atoms with Crippen LogP contribution >= 0.6 is 0 Å². The molecule has 1 unspecified atom stereocenters. The van der Waals surface area contributed by atoms with Crippen molar-refractivity contribution >= 4 is 10.1 Å². The highest BCUT2D eigenvalue weighted by molar-refractivity contribution is 7.85. The molecule has 5 heteroatoms. The van der Waals surface area contributed by atoms with Crippen molar-refractivity contribution in [2.45, 2.75) is 129 Å². The Balaban J connectivity index is 3.15. The van der Waals surface area contributed by atoms with Gasteiger partial charge in [0.1, 0.15) is 0 Å². The summed E-state index contributed by atoms with van der Waals surface area (Å²) in [5, 5.41) is 9.65. The smallest absolute Gasteiger partial charge is 0.264 e. The van der Waals surface area contributed by atoms with Gasteiger partial charge >= 0.3 is 0 Å². The molecule has 158 valence electrons. The average molecular weight is 393 g/mol. The summed E-state index contributed by atoms with van der Waals surface area (Å²) in [6, 6.07) is 0. The summed E-state index contributed by atoms with van der Waals surface area (Å²) in [5.41, 5.74) is 0. The van der Waals surface area contributed by atoms with E-state index in [-0.39, 0.29) is 12.2 Å². The third-order valence-corrected chi connectivity index (χ3v) is 5.85. The predicted molar refractivity (Wildman–Crippen MR) is 111 cm³/mol. The third-order valence-electron chi connectivity index (χ3n) is 5.10. The number of hydrogen-bond acceptors (Lipinski definition) is 3. The summed E-state index contributed by atoms with van der Waals surface area (Å²) in [5.74, 6) is -0.340. The number of rotatable bonds is 20. The highest BCUT2D eigenvalue weighted by Gasteiger charge is 2.10. The lowest BCUT2D eigenvalue weighted by Gasteiger charge is -2.09. The van der Waals surface area contributed by atoms with Crippen molar-refractivity contribution in [2.24, 2.45) is 0 Å². The Hall–Kier alpha value is -0.130. The van der Waals surface area contributed by atoms with Crippen LogP contribution in [0.1, 0.15) is 122 Å². The Bertz CT molecular complexity index is 381. The maximum atomic E-state index is 10.6. The maximum absolute atomic E-state index is 10.6. The van der Waals surface area contributed by atoms with E-state index in [4.69, 9.17) is 4.55 Å². The van der Waals surface area contributed by atoms with E-state index in [1.54, 1.807) is 0 Å². The SMILES string of the molecule is CCCCCCCCCCCCCCCCCCC(O)CCS(=O)(=O)O. The van der Waals surface area contributed by atoms with Crippen LogP contribution < -0.4 is 0 Å². The normalized spacial score (nSPS) is 13.2. The molecule has 0 rings (SSSR count). The summed E-state index contributed by atoms with van der Waals surface area (Å²) in [6.45, 7) is 2.27. The van der Waals surface area contributed by atoms with E-state index in [0.717, 1.165) is 12.8 Å². The van der Waals surface area contributed by atoms with E-state index in [9.17, 15) is 13.5 Å². The van der Waals surface area contributed by atoms with Crippen molar-refractivity contribution in [1.82, 2.24) is 0 Å². The first-order valence-electron chi connectivity index (χ1n) is 11.1. The first kappa shape index (κ1) is 25.9. The van der Waals surface area contributed by atoms with Gasteiger partial charge in [0.25, 0.3) is 10.1 Å². The molecule has 1 atom stereocenters. The molecule has 0 aromatic rings. The molecule has 0 saturated heterocycles. The zero-order valence-electron chi connectivity index (χ0n) is 17.1. The Morgan fingerprint density at radius 1 is 0.615 bits per heavy atom. The Kier molecular flexibility index (Phi) is 18.2. The largest absolute Gasteiger partial charge is 0.393 e.